The van der Waals surface area contributed by atoms with Crippen LogP contribution in [-0.4, -0.2) is 89.8 Å². The molecule has 41 heavy (non-hydrogen) atoms. The lowest BCUT2D eigenvalue weighted by molar-refractivity contribution is -0.125. The predicted octanol–water partition coefficient (Wildman–Crippen LogP) is 1.80. The number of aliphatic hydroxyl groups excluding tert-OH is 1. The topological polar surface area (TPSA) is 151 Å². The van der Waals surface area contributed by atoms with Crippen molar-refractivity contribution in [2.45, 2.75) is 78.9 Å². The van der Waals surface area contributed by atoms with Crippen molar-refractivity contribution in [1.82, 2.24) is 23.5 Å². The number of hydrogen-bond acceptors (Lipinski definition) is 9. The Kier molecular flexibility index (Phi) is 14.8. The molecule has 1 N–H and O–H groups in total. The molecule has 0 atom stereocenters. The van der Waals surface area contributed by atoms with E-state index in [0.29, 0.717) is 50.9 Å². The first-order chi connectivity index (χ1) is 19.6. The van der Waals surface area contributed by atoms with E-state index >= 15 is 0 Å². The number of amides is 3. The normalized spacial score (nSPS) is 13.8. The number of aliphatic hydroxyl groups is 1. The number of carbonyl (C=O) groups is 2. The van der Waals surface area contributed by atoms with Crippen LogP contribution in [0, 0.1) is 16.7 Å². The molecule has 1 fully saturated rings. The van der Waals surface area contributed by atoms with Crippen LogP contribution in [0.25, 0.3) is 0 Å². The maximum Gasteiger partial charge on any atom is 0.336 e. The van der Waals surface area contributed by atoms with Crippen LogP contribution in [0.15, 0.2) is 14.4 Å². The van der Waals surface area contributed by atoms with Crippen LogP contribution >= 0.6 is 23.5 Å². The third-order valence-corrected chi connectivity index (χ3v) is 9.16. The zero-order valence-electron chi connectivity index (χ0n) is 24.5. The smallest absolute Gasteiger partial charge is 0.336 e. The number of carbonyl (C=O) groups excluding carboxylic acids is 2. The number of nitrogens with zero attached hydrogens (tertiary/aromatic N) is 6. The Morgan fingerprint density at radius 3 is 1.80 bits per heavy atom. The number of urea groups is 1. The summed E-state index contributed by atoms with van der Waals surface area (Å²) >= 11 is 3.39. The molecular weight excluding hydrogens is 568 g/mol. The van der Waals surface area contributed by atoms with E-state index in [1.807, 2.05) is 13.8 Å². The van der Waals surface area contributed by atoms with E-state index in [0.717, 1.165) is 37.4 Å². The number of rotatable bonds is 20. The molecule has 1 aliphatic rings. The molecule has 1 saturated heterocycles. The monoisotopic (exact) mass is 612 g/mol. The number of nitriles is 1. The van der Waals surface area contributed by atoms with Crippen LogP contribution in [0.4, 0.5) is 4.79 Å². The van der Waals surface area contributed by atoms with Crippen molar-refractivity contribution >= 4 is 35.5 Å². The molecule has 1 aromatic rings. The molecule has 0 aromatic carbocycles. The van der Waals surface area contributed by atoms with Crippen LogP contribution < -0.4 is 17.1 Å². The van der Waals surface area contributed by atoms with Gasteiger partial charge in [-0.25, -0.2) is 32.9 Å². The second-order valence-electron chi connectivity index (χ2n) is 10.7. The van der Waals surface area contributed by atoms with Gasteiger partial charge in [-0.05, 0) is 75.4 Å². The molecule has 1 aromatic heterocycles. The van der Waals surface area contributed by atoms with E-state index in [4.69, 9.17) is 5.26 Å². The van der Waals surface area contributed by atoms with Crippen molar-refractivity contribution < 1.29 is 14.7 Å². The lowest BCUT2D eigenvalue weighted by atomic mass is 9.90. The molecule has 0 radical (unpaired) electrons. The Bertz CT molecular complexity index is 1230. The summed E-state index contributed by atoms with van der Waals surface area (Å²) in [5.41, 5.74) is -2.48. The molecule has 0 aliphatic carbocycles. The van der Waals surface area contributed by atoms with E-state index in [-0.39, 0.29) is 44.7 Å². The highest BCUT2D eigenvalue weighted by molar-refractivity contribution is 7.99. The summed E-state index contributed by atoms with van der Waals surface area (Å²) in [7, 11) is 0. The lowest BCUT2D eigenvalue weighted by Crippen LogP contribution is -2.55. The Balaban J connectivity index is 1.82. The van der Waals surface area contributed by atoms with Gasteiger partial charge in [0.2, 0.25) is 5.91 Å². The number of hydrogen-bond donors (Lipinski definition) is 1. The average molecular weight is 613 g/mol. The molecule has 0 unspecified atom stereocenters. The largest absolute Gasteiger partial charge is 0.395 e. The van der Waals surface area contributed by atoms with Crippen LogP contribution in [-0.2, 0) is 24.4 Å². The summed E-state index contributed by atoms with van der Waals surface area (Å²) in [6.07, 6.45) is 4.12. The maximum atomic E-state index is 13.0. The third kappa shape index (κ3) is 10.4. The molecule has 2 heterocycles. The maximum absolute atomic E-state index is 13.0. The molecule has 0 spiro atoms. The Morgan fingerprint density at radius 1 is 0.780 bits per heavy atom. The highest BCUT2D eigenvalue weighted by atomic mass is 32.2. The van der Waals surface area contributed by atoms with Gasteiger partial charge in [-0.3, -0.25) is 9.69 Å². The Labute approximate surface area is 249 Å². The van der Waals surface area contributed by atoms with Gasteiger partial charge in [-0.1, -0.05) is 6.92 Å². The first-order valence-electron chi connectivity index (χ1n) is 14.3. The highest BCUT2D eigenvalue weighted by Gasteiger charge is 2.35. The minimum atomic E-state index is -0.700. The molecule has 14 heteroatoms. The molecule has 0 bridgehead atoms. The second kappa shape index (κ2) is 17.5. The summed E-state index contributed by atoms with van der Waals surface area (Å²) in [6.45, 7) is 6.46. The molecular formula is C27H44N6O6S2. The molecule has 0 saturated carbocycles. The quantitative estimate of drug-likeness (QED) is 0.172. The first kappa shape index (κ1) is 34.7. The SMILES string of the molecule is CCCSCCCn1c(=O)n(CCO)c(=O)n(CCCSCCCN2CC(=O)N(CCCC(C)(C)C#N)C2=O)c1=O. The molecule has 2 rings (SSSR count). The van der Waals surface area contributed by atoms with E-state index in [1.165, 1.54) is 4.90 Å². The van der Waals surface area contributed by atoms with Crippen LogP contribution in [0.5, 0.6) is 0 Å². The van der Waals surface area contributed by atoms with Gasteiger partial charge >= 0.3 is 23.1 Å². The van der Waals surface area contributed by atoms with Gasteiger partial charge in [0.1, 0.15) is 6.54 Å². The summed E-state index contributed by atoms with van der Waals surface area (Å²) in [4.78, 5) is 66.2. The third-order valence-electron chi connectivity index (χ3n) is 6.73. The summed E-state index contributed by atoms with van der Waals surface area (Å²) in [5.74, 6) is 3.02. The fourth-order valence-electron chi connectivity index (χ4n) is 4.44. The Morgan fingerprint density at radius 2 is 1.29 bits per heavy atom. The van der Waals surface area contributed by atoms with Gasteiger partial charge in [0.15, 0.2) is 0 Å². The summed E-state index contributed by atoms with van der Waals surface area (Å²) in [6, 6.07) is 1.94. The minimum absolute atomic E-state index is 0.0706. The van der Waals surface area contributed by atoms with Crippen LogP contribution in [0.3, 0.4) is 0 Å². The second-order valence-corrected chi connectivity index (χ2v) is 13.1. The van der Waals surface area contributed by atoms with E-state index in [9.17, 15) is 29.1 Å². The van der Waals surface area contributed by atoms with Crippen LogP contribution in [0.1, 0.15) is 59.3 Å². The van der Waals surface area contributed by atoms with E-state index in [1.54, 1.807) is 28.4 Å². The van der Waals surface area contributed by atoms with Crippen molar-refractivity contribution in [3.8, 4) is 6.07 Å². The van der Waals surface area contributed by atoms with E-state index < -0.39 is 22.5 Å². The van der Waals surface area contributed by atoms with Gasteiger partial charge in [0.05, 0.1) is 24.6 Å². The first-order valence-corrected chi connectivity index (χ1v) is 16.6. The van der Waals surface area contributed by atoms with E-state index in [2.05, 4.69) is 13.0 Å². The Hall–Kier alpha value is -2.50. The van der Waals surface area contributed by atoms with Gasteiger partial charge in [0, 0.05) is 26.2 Å². The molecule has 1 aliphatic heterocycles. The number of imide groups is 1. The summed E-state index contributed by atoms with van der Waals surface area (Å²) < 4.78 is 3.10. The predicted molar refractivity (Wildman–Crippen MR) is 162 cm³/mol. The summed E-state index contributed by atoms with van der Waals surface area (Å²) in [5, 5.41) is 18.5. The zero-order chi connectivity index (χ0) is 30.4. The fraction of sp³-hybridized carbons (Fsp3) is 0.778. The molecule has 230 valence electrons. The van der Waals surface area contributed by atoms with Gasteiger partial charge in [-0.15, -0.1) is 0 Å². The van der Waals surface area contributed by atoms with Gasteiger partial charge in [-0.2, -0.15) is 28.8 Å². The van der Waals surface area contributed by atoms with Crippen molar-refractivity contribution in [1.29, 1.82) is 5.26 Å². The lowest BCUT2D eigenvalue weighted by Gasteiger charge is -2.19. The van der Waals surface area contributed by atoms with Gasteiger partial charge < -0.3 is 10.0 Å². The highest BCUT2D eigenvalue weighted by Crippen LogP contribution is 2.22. The number of thioether (sulfide) groups is 2. The fourth-order valence-corrected chi connectivity index (χ4v) is 6.13. The zero-order valence-corrected chi connectivity index (χ0v) is 26.1. The molecule has 12 nitrogen and oxygen atoms in total. The van der Waals surface area contributed by atoms with Crippen molar-refractivity contribution in [2.75, 3.05) is 49.3 Å². The van der Waals surface area contributed by atoms with Crippen LogP contribution in [0.2, 0.25) is 0 Å². The number of aromatic nitrogens is 3. The van der Waals surface area contributed by atoms with Crippen molar-refractivity contribution in [3.63, 3.8) is 0 Å². The molecule has 3 amide bonds. The standard InChI is InChI=1S/C27H44N6O6S2/c1-4-16-40-18-7-12-31-24(37)32(26(39)33(14-15-34)25(31)38)13-8-19-41-17-6-10-29-20-22(35)30(23(29)36)11-5-9-27(2,3)21-28/h34H,4-20H2,1-3H3. The average Bonchev–Trinajstić information content (AvgIpc) is 3.21. The van der Waals surface area contributed by atoms with Gasteiger partial charge in [0.25, 0.3) is 0 Å². The van der Waals surface area contributed by atoms with Crippen molar-refractivity contribution in [2.24, 2.45) is 5.41 Å². The minimum Gasteiger partial charge on any atom is -0.395 e. The van der Waals surface area contributed by atoms with Crippen molar-refractivity contribution in [3.05, 3.63) is 31.5 Å².